The molecule has 0 spiro atoms. The molecule has 0 saturated heterocycles. The van der Waals surface area contributed by atoms with Crippen LogP contribution in [-0.2, 0) is 17.6 Å². The molecule has 1 fully saturated rings. The lowest BCUT2D eigenvalue weighted by Gasteiger charge is -2.06. The van der Waals surface area contributed by atoms with Crippen LogP contribution >= 0.6 is 11.3 Å². The predicted octanol–water partition coefficient (Wildman–Crippen LogP) is 1.71. The van der Waals surface area contributed by atoms with Crippen molar-refractivity contribution >= 4 is 22.4 Å². The molecule has 92 valence electrons. The van der Waals surface area contributed by atoms with E-state index in [4.69, 9.17) is 0 Å². The molecule has 1 aromatic heterocycles. The molecule has 1 amide bonds. The highest BCUT2D eigenvalue weighted by Crippen LogP contribution is 2.29. The zero-order valence-corrected chi connectivity index (χ0v) is 10.6. The molecule has 0 aliphatic heterocycles. The maximum Gasteiger partial charge on any atom is 0.240 e. The lowest BCUT2D eigenvalue weighted by Crippen LogP contribution is -2.29. The molecule has 0 bridgehead atoms. The zero-order valence-electron chi connectivity index (χ0n) is 9.79. The van der Waals surface area contributed by atoms with Crippen molar-refractivity contribution in [3.05, 3.63) is 10.6 Å². The molecule has 2 aliphatic carbocycles. The fourth-order valence-corrected chi connectivity index (χ4v) is 3.16. The molecular formula is C12H17N3OS. The number of thiazole rings is 1. The van der Waals surface area contributed by atoms with Crippen LogP contribution in [0.2, 0.25) is 0 Å². The van der Waals surface area contributed by atoms with Crippen LogP contribution < -0.4 is 10.6 Å². The molecule has 4 nitrogen and oxygen atoms in total. The number of carbonyl (C=O) groups is 1. The van der Waals surface area contributed by atoms with Gasteiger partial charge in [-0.3, -0.25) is 4.79 Å². The Hall–Kier alpha value is -0.940. The second-order valence-electron chi connectivity index (χ2n) is 4.80. The van der Waals surface area contributed by atoms with Gasteiger partial charge in [0.25, 0.3) is 0 Å². The number of nitrogens with one attached hydrogen (secondary N) is 2. The number of aryl methyl sites for hydroxylation is 2. The van der Waals surface area contributed by atoms with Gasteiger partial charge in [-0.25, -0.2) is 4.98 Å². The zero-order chi connectivity index (χ0) is 11.7. The van der Waals surface area contributed by atoms with Crippen molar-refractivity contribution in [2.24, 2.45) is 0 Å². The Kier molecular flexibility index (Phi) is 3.11. The molecular weight excluding hydrogens is 234 g/mol. The van der Waals surface area contributed by atoms with Gasteiger partial charge < -0.3 is 10.6 Å². The summed E-state index contributed by atoms with van der Waals surface area (Å²) in [6, 6.07) is 0.574. The Labute approximate surface area is 105 Å². The summed E-state index contributed by atoms with van der Waals surface area (Å²) in [6.07, 6.45) is 7.10. The van der Waals surface area contributed by atoms with Gasteiger partial charge in [0.05, 0.1) is 12.2 Å². The van der Waals surface area contributed by atoms with Gasteiger partial charge in [0.1, 0.15) is 0 Å². The molecule has 17 heavy (non-hydrogen) atoms. The van der Waals surface area contributed by atoms with E-state index in [0.29, 0.717) is 12.6 Å². The molecule has 2 N–H and O–H groups in total. The average molecular weight is 251 g/mol. The topological polar surface area (TPSA) is 54.0 Å². The van der Waals surface area contributed by atoms with Gasteiger partial charge in [0.2, 0.25) is 5.91 Å². The first kappa shape index (κ1) is 11.2. The lowest BCUT2D eigenvalue weighted by atomic mass is 10.0. The minimum atomic E-state index is 0.0306. The van der Waals surface area contributed by atoms with Crippen LogP contribution in [0.5, 0.6) is 0 Å². The third kappa shape index (κ3) is 2.84. The van der Waals surface area contributed by atoms with Crippen LogP contribution in [0, 0.1) is 0 Å². The SMILES string of the molecule is O=C(CNC1CC1)Nc1nc2c(s1)CCCC2. The largest absolute Gasteiger partial charge is 0.306 e. The number of amides is 1. The minimum absolute atomic E-state index is 0.0306. The second-order valence-corrected chi connectivity index (χ2v) is 5.88. The Bertz CT molecular complexity index is 402. The number of hydrogen-bond donors (Lipinski definition) is 2. The van der Waals surface area contributed by atoms with Crippen LogP contribution in [0.1, 0.15) is 36.3 Å². The smallest absolute Gasteiger partial charge is 0.240 e. The Morgan fingerprint density at radius 2 is 2.18 bits per heavy atom. The summed E-state index contributed by atoms with van der Waals surface area (Å²) < 4.78 is 0. The van der Waals surface area contributed by atoms with Crippen molar-refractivity contribution < 1.29 is 4.79 Å². The molecule has 0 aromatic carbocycles. The van der Waals surface area contributed by atoms with Gasteiger partial charge in [-0.15, -0.1) is 11.3 Å². The van der Waals surface area contributed by atoms with E-state index in [1.165, 1.54) is 36.3 Å². The van der Waals surface area contributed by atoms with Crippen molar-refractivity contribution in [2.75, 3.05) is 11.9 Å². The Morgan fingerprint density at radius 3 is 2.94 bits per heavy atom. The summed E-state index contributed by atoms with van der Waals surface area (Å²) in [5, 5.41) is 6.87. The fraction of sp³-hybridized carbons (Fsp3) is 0.667. The number of fused-ring (bicyclic) bond motifs is 1. The van der Waals surface area contributed by atoms with E-state index in [1.54, 1.807) is 11.3 Å². The third-order valence-corrected chi connectivity index (χ3v) is 4.29. The standard InChI is InChI=1S/C12H17N3OS/c16-11(7-13-8-5-6-8)15-12-14-9-3-1-2-4-10(9)17-12/h8,13H,1-7H2,(H,14,15,16). The second kappa shape index (κ2) is 4.74. The van der Waals surface area contributed by atoms with Crippen LogP contribution in [0.3, 0.4) is 0 Å². The number of nitrogens with zero attached hydrogens (tertiary/aromatic N) is 1. The summed E-state index contributed by atoms with van der Waals surface area (Å²) in [5.74, 6) is 0.0306. The Morgan fingerprint density at radius 1 is 1.35 bits per heavy atom. The molecule has 0 atom stereocenters. The first-order valence-corrected chi connectivity index (χ1v) is 7.15. The van der Waals surface area contributed by atoms with E-state index in [-0.39, 0.29) is 5.91 Å². The van der Waals surface area contributed by atoms with E-state index in [9.17, 15) is 4.79 Å². The summed E-state index contributed by atoms with van der Waals surface area (Å²) >= 11 is 1.64. The van der Waals surface area contributed by atoms with Crippen LogP contribution in [0.25, 0.3) is 0 Å². The van der Waals surface area contributed by atoms with E-state index in [2.05, 4.69) is 15.6 Å². The van der Waals surface area contributed by atoms with Gasteiger partial charge in [0.15, 0.2) is 5.13 Å². The minimum Gasteiger partial charge on any atom is -0.306 e. The number of anilines is 1. The fourth-order valence-electron chi connectivity index (χ4n) is 2.09. The molecule has 2 aliphatic rings. The number of carbonyl (C=O) groups excluding carboxylic acids is 1. The number of hydrogen-bond acceptors (Lipinski definition) is 4. The molecule has 3 rings (SSSR count). The van der Waals surface area contributed by atoms with E-state index >= 15 is 0 Å². The van der Waals surface area contributed by atoms with Crippen molar-refractivity contribution in [1.82, 2.24) is 10.3 Å². The predicted molar refractivity (Wildman–Crippen MR) is 68.4 cm³/mol. The lowest BCUT2D eigenvalue weighted by molar-refractivity contribution is -0.115. The molecule has 0 radical (unpaired) electrons. The van der Waals surface area contributed by atoms with Gasteiger partial charge in [0, 0.05) is 10.9 Å². The summed E-state index contributed by atoms with van der Waals surface area (Å²) in [6.45, 7) is 0.412. The average Bonchev–Trinajstić information content (AvgIpc) is 3.06. The highest BCUT2D eigenvalue weighted by atomic mass is 32.1. The van der Waals surface area contributed by atoms with E-state index < -0.39 is 0 Å². The normalized spacial score (nSPS) is 18.8. The van der Waals surface area contributed by atoms with Gasteiger partial charge in [-0.1, -0.05) is 0 Å². The third-order valence-electron chi connectivity index (χ3n) is 3.22. The van der Waals surface area contributed by atoms with Gasteiger partial charge >= 0.3 is 0 Å². The van der Waals surface area contributed by atoms with Crippen LogP contribution in [-0.4, -0.2) is 23.5 Å². The van der Waals surface area contributed by atoms with E-state index in [1.807, 2.05) is 0 Å². The highest BCUT2D eigenvalue weighted by Gasteiger charge is 2.21. The van der Waals surface area contributed by atoms with Crippen molar-refractivity contribution in [2.45, 2.75) is 44.6 Å². The quantitative estimate of drug-likeness (QED) is 0.856. The highest BCUT2D eigenvalue weighted by molar-refractivity contribution is 7.15. The molecule has 1 heterocycles. The summed E-state index contributed by atoms with van der Waals surface area (Å²) in [4.78, 5) is 17.5. The molecule has 1 aromatic rings. The number of aromatic nitrogens is 1. The number of rotatable bonds is 4. The first-order chi connectivity index (χ1) is 8.31. The van der Waals surface area contributed by atoms with Crippen molar-refractivity contribution in [3.63, 3.8) is 0 Å². The van der Waals surface area contributed by atoms with Gasteiger partial charge in [-0.2, -0.15) is 0 Å². The van der Waals surface area contributed by atoms with E-state index in [0.717, 1.165) is 18.0 Å². The van der Waals surface area contributed by atoms with Crippen molar-refractivity contribution in [3.8, 4) is 0 Å². The summed E-state index contributed by atoms with van der Waals surface area (Å²) in [7, 11) is 0. The van der Waals surface area contributed by atoms with Gasteiger partial charge in [-0.05, 0) is 38.5 Å². The summed E-state index contributed by atoms with van der Waals surface area (Å²) in [5.41, 5.74) is 1.20. The molecule has 1 saturated carbocycles. The van der Waals surface area contributed by atoms with Crippen molar-refractivity contribution in [1.29, 1.82) is 0 Å². The molecule has 5 heteroatoms. The van der Waals surface area contributed by atoms with Crippen LogP contribution in [0.15, 0.2) is 0 Å². The Balaban J connectivity index is 1.56. The maximum atomic E-state index is 11.7. The first-order valence-electron chi connectivity index (χ1n) is 6.33. The van der Waals surface area contributed by atoms with Crippen LogP contribution in [0.4, 0.5) is 5.13 Å². The molecule has 0 unspecified atom stereocenters. The maximum absolute atomic E-state index is 11.7. The monoisotopic (exact) mass is 251 g/mol.